The van der Waals surface area contributed by atoms with E-state index in [-0.39, 0.29) is 5.91 Å². The smallest absolute Gasteiger partial charge is 0.279 e. The highest BCUT2D eigenvalue weighted by molar-refractivity contribution is 5.96. The van der Waals surface area contributed by atoms with E-state index in [0.717, 1.165) is 23.1 Å². The van der Waals surface area contributed by atoms with Crippen molar-refractivity contribution >= 4 is 11.8 Å². The van der Waals surface area contributed by atoms with Crippen LogP contribution in [0.1, 0.15) is 49.0 Å². The van der Waals surface area contributed by atoms with Crippen molar-refractivity contribution in [2.45, 2.75) is 39.2 Å². The largest absolute Gasteiger partial charge is 0.481 e. The van der Waals surface area contributed by atoms with Gasteiger partial charge in [-0.1, -0.05) is 74.5 Å². The molecule has 0 bridgehead atoms. The van der Waals surface area contributed by atoms with Crippen molar-refractivity contribution in [3.05, 3.63) is 90.0 Å². The third-order valence-corrected chi connectivity index (χ3v) is 5.29. The van der Waals surface area contributed by atoms with Crippen LogP contribution in [0.4, 0.5) is 0 Å². The summed E-state index contributed by atoms with van der Waals surface area (Å²) >= 11 is 0. The Morgan fingerprint density at radius 1 is 0.806 bits per heavy atom. The van der Waals surface area contributed by atoms with Gasteiger partial charge in [-0.25, -0.2) is 0 Å². The van der Waals surface area contributed by atoms with Crippen molar-refractivity contribution in [1.29, 1.82) is 0 Å². The molecule has 3 rings (SSSR count). The third-order valence-electron chi connectivity index (χ3n) is 5.29. The Morgan fingerprint density at radius 2 is 1.42 bits per heavy atom. The zero-order valence-corrected chi connectivity index (χ0v) is 18.1. The highest BCUT2D eigenvalue weighted by Gasteiger charge is 2.18. The van der Waals surface area contributed by atoms with E-state index in [1.807, 2.05) is 66.7 Å². The molecule has 31 heavy (non-hydrogen) atoms. The molecule has 0 aliphatic heterocycles. The summed E-state index contributed by atoms with van der Waals surface area (Å²) in [6.07, 6.45) is 0.214. The molecule has 0 saturated heterocycles. The molecule has 0 aromatic heterocycles. The molecule has 5 nitrogen and oxygen atoms in total. The maximum absolute atomic E-state index is 12.4. The summed E-state index contributed by atoms with van der Waals surface area (Å²) in [6, 6.07) is 24.8. The zero-order chi connectivity index (χ0) is 22.2. The number of hydrogen-bond donors (Lipinski definition) is 2. The Hall–Kier alpha value is -3.60. The van der Waals surface area contributed by atoms with Crippen LogP contribution in [-0.4, -0.2) is 17.9 Å². The lowest BCUT2D eigenvalue weighted by molar-refractivity contribution is -0.128. The van der Waals surface area contributed by atoms with Crippen molar-refractivity contribution in [2.24, 2.45) is 0 Å². The lowest BCUT2D eigenvalue weighted by Crippen LogP contribution is -2.47. The van der Waals surface area contributed by atoms with E-state index in [0.29, 0.717) is 17.2 Å². The summed E-state index contributed by atoms with van der Waals surface area (Å²) in [6.45, 7) is 5.89. The summed E-state index contributed by atoms with van der Waals surface area (Å²) in [5, 5.41) is 0. The second-order valence-corrected chi connectivity index (χ2v) is 7.49. The summed E-state index contributed by atoms with van der Waals surface area (Å²) in [4.78, 5) is 24.8. The van der Waals surface area contributed by atoms with Gasteiger partial charge in [-0.05, 0) is 54.2 Å². The summed E-state index contributed by atoms with van der Waals surface area (Å²) < 4.78 is 5.87. The van der Waals surface area contributed by atoms with Crippen molar-refractivity contribution in [1.82, 2.24) is 10.9 Å². The molecule has 3 aromatic rings. The standard InChI is InChI=1S/C26H28N2O3/c1-4-18(2)23-12-8-9-13-24(23)31-19(3)25(29)27-28-26(30)22-16-14-21(15-17-22)20-10-6-5-7-11-20/h5-19H,4H2,1-3H3,(H,27,29)(H,28,30). The van der Waals surface area contributed by atoms with E-state index in [1.165, 1.54) is 0 Å². The average Bonchev–Trinajstić information content (AvgIpc) is 2.82. The van der Waals surface area contributed by atoms with Gasteiger partial charge >= 0.3 is 0 Å². The Kier molecular flexibility index (Phi) is 7.44. The fourth-order valence-electron chi connectivity index (χ4n) is 3.20. The highest BCUT2D eigenvalue weighted by atomic mass is 16.5. The number of para-hydroxylation sites is 1. The van der Waals surface area contributed by atoms with Gasteiger partial charge in [0.2, 0.25) is 0 Å². The lowest BCUT2D eigenvalue weighted by atomic mass is 9.98. The van der Waals surface area contributed by atoms with Crippen LogP contribution in [0.15, 0.2) is 78.9 Å². The summed E-state index contributed by atoms with van der Waals surface area (Å²) in [5.74, 6) is 0.195. The zero-order valence-electron chi connectivity index (χ0n) is 18.1. The van der Waals surface area contributed by atoms with Crippen LogP contribution in [-0.2, 0) is 4.79 Å². The SMILES string of the molecule is CCC(C)c1ccccc1OC(C)C(=O)NNC(=O)c1ccc(-c2ccccc2)cc1. The number of hydrazine groups is 1. The number of carbonyl (C=O) groups is 2. The summed E-state index contributed by atoms with van der Waals surface area (Å²) in [7, 11) is 0. The Morgan fingerprint density at radius 3 is 2.10 bits per heavy atom. The monoisotopic (exact) mass is 416 g/mol. The van der Waals surface area contributed by atoms with Crippen LogP contribution in [0.3, 0.4) is 0 Å². The average molecular weight is 417 g/mol. The minimum atomic E-state index is -0.758. The van der Waals surface area contributed by atoms with E-state index >= 15 is 0 Å². The van der Waals surface area contributed by atoms with Gasteiger partial charge in [0, 0.05) is 5.56 Å². The lowest BCUT2D eigenvalue weighted by Gasteiger charge is -2.19. The molecule has 2 unspecified atom stereocenters. The first-order chi connectivity index (χ1) is 15.0. The predicted molar refractivity (Wildman–Crippen MR) is 123 cm³/mol. The first kappa shape index (κ1) is 22.1. The highest BCUT2D eigenvalue weighted by Crippen LogP contribution is 2.29. The van der Waals surface area contributed by atoms with Crippen molar-refractivity contribution in [2.75, 3.05) is 0 Å². The minimum absolute atomic E-state index is 0.324. The molecule has 3 aromatic carbocycles. The van der Waals surface area contributed by atoms with Crippen molar-refractivity contribution in [3.8, 4) is 16.9 Å². The van der Waals surface area contributed by atoms with Gasteiger partial charge in [-0.3, -0.25) is 20.4 Å². The maximum atomic E-state index is 12.4. The van der Waals surface area contributed by atoms with Gasteiger partial charge < -0.3 is 4.74 Å². The molecule has 0 fully saturated rings. The molecule has 0 spiro atoms. The maximum Gasteiger partial charge on any atom is 0.279 e. The molecular weight excluding hydrogens is 388 g/mol. The second-order valence-electron chi connectivity index (χ2n) is 7.49. The fraction of sp³-hybridized carbons (Fsp3) is 0.231. The third kappa shape index (κ3) is 5.72. The van der Waals surface area contributed by atoms with Gasteiger partial charge in [0.15, 0.2) is 6.10 Å². The fourth-order valence-corrected chi connectivity index (χ4v) is 3.20. The van der Waals surface area contributed by atoms with Gasteiger partial charge in [0.25, 0.3) is 11.8 Å². The quantitative estimate of drug-likeness (QED) is 0.527. The molecular formula is C26H28N2O3. The van der Waals surface area contributed by atoms with E-state index in [2.05, 4.69) is 24.7 Å². The molecule has 0 radical (unpaired) electrons. The second kappa shape index (κ2) is 10.4. The number of amides is 2. The number of carbonyl (C=O) groups excluding carboxylic acids is 2. The van der Waals surface area contributed by atoms with Crippen molar-refractivity contribution in [3.63, 3.8) is 0 Å². The van der Waals surface area contributed by atoms with Gasteiger partial charge in [-0.15, -0.1) is 0 Å². The van der Waals surface area contributed by atoms with Gasteiger partial charge in [0.1, 0.15) is 5.75 Å². The molecule has 0 saturated carbocycles. The molecule has 2 N–H and O–H groups in total. The molecule has 5 heteroatoms. The molecule has 0 aliphatic carbocycles. The Balaban J connectivity index is 1.56. The van der Waals surface area contributed by atoms with Crippen molar-refractivity contribution < 1.29 is 14.3 Å². The molecule has 2 atom stereocenters. The molecule has 2 amide bonds. The molecule has 0 aliphatic rings. The summed E-state index contributed by atoms with van der Waals surface area (Å²) in [5.41, 5.74) is 8.51. The number of rotatable bonds is 7. The number of hydrogen-bond acceptors (Lipinski definition) is 3. The first-order valence-corrected chi connectivity index (χ1v) is 10.5. The normalized spacial score (nSPS) is 12.5. The number of ether oxygens (including phenoxy) is 1. The van der Waals surface area contributed by atoms with Crippen LogP contribution in [0.5, 0.6) is 5.75 Å². The Bertz CT molecular complexity index is 1020. The van der Waals surface area contributed by atoms with Crippen LogP contribution in [0, 0.1) is 0 Å². The van der Waals surface area contributed by atoms with Gasteiger partial charge in [0.05, 0.1) is 0 Å². The number of nitrogens with one attached hydrogen (secondary N) is 2. The molecule has 160 valence electrons. The van der Waals surface area contributed by atoms with Crippen LogP contribution in [0.25, 0.3) is 11.1 Å². The van der Waals surface area contributed by atoms with E-state index in [1.54, 1.807) is 19.1 Å². The van der Waals surface area contributed by atoms with E-state index in [9.17, 15) is 9.59 Å². The van der Waals surface area contributed by atoms with Gasteiger partial charge in [-0.2, -0.15) is 0 Å². The number of benzene rings is 3. The topological polar surface area (TPSA) is 67.4 Å². The van der Waals surface area contributed by atoms with Crippen LogP contribution in [0.2, 0.25) is 0 Å². The predicted octanol–water partition coefficient (Wildman–Crippen LogP) is 5.10. The minimum Gasteiger partial charge on any atom is -0.481 e. The Labute approximate surface area is 183 Å². The van der Waals surface area contributed by atoms with Crippen LogP contribution >= 0.6 is 0 Å². The van der Waals surface area contributed by atoms with E-state index < -0.39 is 12.0 Å². The van der Waals surface area contributed by atoms with E-state index in [4.69, 9.17) is 4.74 Å². The van der Waals surface area contributed by atoms with Crippen LogP contribution < -0.4 is 15.6 Å². The first-order valence-electron chi connectivity index (χ1n) is 10.5. The molecule has 0 heterocycles.